The third kappa shape index (κ3) is 2.32. The molecule has 5 nitrogen and oxygen atoms in total. The molecule has 3 rings (SSSR count). The molecular formula is C15H18N4O. The third-order valence-corrected chi connectivity index (χ3v) is 3.76. The number of aromatic nitrogens is 2. The van der Waals surface area contributed by atoms with E-state index in [2.05, 4.69) is 38.4 Å². The Hall–Kier alpha value is -2.14. The first kappa shape index (κ1) is 12.9. The summed E-state index contributed by atoms with van der Waals surface area (Å²) >= 11 is 0. The molecule has 1 unspecified atom stereocenters. The Bertz CT molecular complexity index is 652. The second-order valence-corrected chi connectivity index (χ2v) is 5.05. The van der Waals surface area contributed by atoms with Crippen LogP contribution in [0.1, 0.15) is 11.1 Å². The minimum Gasteiger partial charge on any atom is -0.343 e. The maximum atomic E-state index is 12.0. The summed E-state index contributed by atoms with van der Waals surface area (Å²) in [6.07, 6.45) is 4.12. The summed E-state index contributed by atoms with van der Waals surface area (Å²) in [5.41, 5.74) is 2.49. The first-order chi connectivity index (χ1) is 9.79. The van der Waals surface area contributed by atoms with Gasteiger partial charge in [0.05, 0.1) is 0 Å². The molecule has 104 valence electrons. The van der Waals surface area contributed by atoms with Gasteiger partial charge in [0.25, 0.3) is 5.56 Å². The van der Waals surface area contributed by atoms with E-state index in [1.165, 1.54) is 11.1 Å². The fourth-order valence-electron chi connectivity index (χ4n) is 2.80. The molecule has 20 heavy (non-hydrogen) atoms. The van der Waals surface area contributed by atoms with Gasteiger partial charge in [0.1, 0.15) is 0 Å². The molecule has 0 radical (unpaired) electrons. The molecule has 0 saturated carbocycles. The average Bonchev–Trinajstić information content (AvgIpc) is 2.48. The van der Waals surface area contributed by atoms with E-state index in [1.807, 2.05) is 13.1 Å². The number of likely N-dealkylation sites (N-methyl/N-ethyl adjacent to an activating group) is 1. The van der Waals surface area contributed by atoms with Crippen LogP contribution >= 0.6 is 0 Å². The smallest absolute Gasteiger partial charge is 0.290 e. The molecule has 1 aliphatic rings. The summed E-state index contributed by atoms with van der Waals surface area (Å²) in [6.45, 7) is 1.55. The number of fused-ring (bicyclic) bond motifs is 1. The lowest BCUT2D eigenvalue weighted by molar-refractivity contribution is 0.521. The third-order valence-electron chi connectivity index (χ3n) is 3.76. The van der Waals surface area contributed by atoms with E-state index in [1.54, 1.807) is 12.4 Å². The fourth-order valence-corrected chi connectivity index (χ4v) is 2.80. The highest BCUT2D eigenvalue weighted by Crippen LogP contribution is 2.25. The Morgan fingerprint density at radius 3 is 2.95 bits per heavy atom. The van der Waals surface area contributed by atoms with Crippen molar-refractivity contribution in [2.45, 2.75) is 19.0 Å². The van der Waals surface area contributed by atoms with Gasteiger partial charge in [-0.2, -0.15) is 0 Å². The standard InChI is InChI=1S/C15H18N4O/c1-16-9-13-8-11-4-2-3-5-12(11)10-19(13)14-15(20)18-7-6-17-14/h2-7,13,16H,8-10H2,1H3,(H,18,20). The lowest BCUT2D eigenvalue weighted by Gasteiger charge is -2.37. The van der Waals surface area contributed by atoms with Gasteiger partial charge in [-0.25, -0.2) is 4.98 Å². The lowest BCUT2D eigenvalue weighted by Crippen LogP contribution is -2.48. The monoisotopic (exact) mass is 270 g/mol. The highest BCUT2D eigenvalue weighted by atomic mass is 16.1. The summed E-state index contributed by atoms with van der Waals surface area (Å²) in [5.74, 6) is 0.502. The van der Waals surface area contributed by atoms with Gasteiger partial charge < -0.3 is 15.2 Å². The summed E-state index contributed by atoms with van der Waals surface area (Å²) in [7, 11) is 1.93. The van der Waals surface area contributed by atoms with Gasteiger partial charge in [-0.3, -0.25) is 4.79 Å². The van der Waals surface area contributed by atoms with E-state index in [-0.39, 0.29) is 11.6 Å². The number of nitrogens with zero attached hydrogens (tertiary/aromatic N) is 2. The average molecular weight is 270 g/mol. The molecule has 0 amide bonds. The van der Waals surface area contributed by atoms with Crippen LogP contribution in [0.2, 0.25) is 0 Å². The van der Waals surface area contributed by atoms with Gasteiger partial charge >= 0.3 is 0 Å². The van der Waals surface area contributed by atoms with E-state index in [4.69, 9.17) is 0 Å². The molecule has 0 bridgehead atoms. The molecule has 2 aromatic rings. The predicted molar refractivity (Wildman–Crippen MR) is 78.9 cm³/mol. The van der Waals surface area contributed by atoms with Crippen LogP contribution in [-0.2, 0) is 13.0 Å². The number of nitrogens with one attached hydrogen (secondary N) is 2. The van der Waals surface area contributed by atoms with Crippen LogP contribution < -0.4 is 15.8 Å². The molecule has 0 spiro atoms. The summed E-state index contributed by atoms with van der Waals surface area (Å²) in [5, 5.41) is 3.21. The van der Waals surface area contributed by atoms with E-state index in [0.717, 1.165) is 19.5 Å². The van der Waals surface area contributed by atoms with Crippen molar-refractivity contribution in [2.75, 3.05) is 18.5 Å². The molecule has 1 atom stereocenters. The summed E-state index contributed by atoms with van der Waals surface area (Å²) < 4.78 is 0. The normalized spacial score (nSPS) is 17.9. The van der Waals surface area contributed by atoms with Crippen LogP contribution in [0, 0.1) is 0 Å². The van der Waals surface area contributed by atoms with Gasteiger partial charge in [0.2, 0.25) is 0 Å². The molecule has 0 aliphatic carbocycles. The molecule has 5 heteroatoms. The summed E-state index contributed by atoms with van der Waals surface area (Å²) in [6, 6.07) is 8.63. The second kappa shape index (κ2) is 5.46. The summed E-state index contributed by atoms with van der Waals surface area (Å²) in [4.78, 5) is 21.1. The van der Waals surface area contributed by atoms with E-state index in [0.29, 0.717) is 5.82 Å². The topological polar surface area (TPSA) is 61.0 Å². The number of aromatic amines is 1. The highest BCUT2D eigenvalue weighted by molar-refractivity contribution is 5.44. The second-order valence-electron chi connectivity index (χ2n) is 5.05. The molecule has 0 fully saturated rings. The van der Waals surface area contributed by atoms with Gasteiger partial charge in [-0.05, 0) is 24.6 Å². The van der Waals surface area contributed by atoms with Crippen LogP contribution in [0.5, 0.6) is 0 Å². The Kier molecular flexibility index (Phi) is 3.52. The van der Waals surface area contributed by atoms with Gasteiger partial charge in [0, 0.05) is 31.5 Å². The molecule has 2 heterocycles. The predicted octanol–water partition coefficient (Wildman–Crippen LogP) is 0.921. The van der Waals surface area contributed by atoms with E-state index in [9.17, 15) is 4.79 Å². The van der Waals surface area contributed by atoms with Crippen molar-refractivity contribution in [1.29, 1.82) is 0 Å². The first-order valence-corrected chi connectivity index (χ1v) is 6.81. The largest absolute Gasteiger partial charge is 0.343 e. The highest BCUT2D eigenvalue weighted by Gasteiger charge is 2.27. The molecule has 1 aliphatic heterocycles. The van der Waals surface area contributed by atoms with Crippen LogP contribution in [0.4, 0.5) is 5.82 Å². The van der Waals surface area contributed by atoms with Crippen molar-refractivity contribution in [3.63, 3.8) is 0 Å². The maximum absolute atomic E-state index is 12.0. The van der Waals surface area contributed by atoms with Crippen molar-refractivity contribution in [3.05, 3.63) is 58.1 Å². The quantitative estimate of drug-likeness (QED) is 0.870. The van der Waals surface area contributed by atoms with Crippen LogP contribution in [0.25, 0.3) is 0 Å². The number of hydrogen-bond donors (Lipinski definition) is 2. The Labute approximate surface area is 117 Å². The number of H-pyrrole nitrogens is 1. The Morgan fingerprint density at radius 2 is 2.20 bits per heavy atom. The minimum absolute atomic E-state index is 0.131. The zero-order chi connectivity index (χ0) is 13.9. The molecular weight excluding hydrogens is 252 g/mol. The molecule has 1 aromatic carbocycles. The Balaban J connectivity index is 2.00. The number of rotatable bonds is 3. The molecule has 0 saturated heterocycles. The Morgan fingerprint density at radius 1 is 1.40 bits per heavy atom. The lowest BCUT2D eigenvalue weighted by atomic mass is 9.94. The van der Waals surface area contributed by atoms with Crippen molar-refractivity contribution in [2.24, 2.45) is 0 Å². The fraction of sp³-hybridized carbons (Fsp3) is 0.333. The van der Waals surface area contributed by atoms with Crippen LogP contribution in [-0.4, -0.2) is 29.6 Å². The van der Waals surface area contributed by atoms with Crippen molar-refractivity contribution in [1.82, 2.24) is 15.3 Å². The van der Waals surface area contributed by atoms with Crippen LogP contribution in [0.3, 0.4) is 0 Å². The van der Waals surface area contributed by atoms with Gasteiger partial charge in [-0.15, -0.1) is 0 Å². The zero-order valence-corrected chi connectivity index (χ0v) is 11.5. The zero-order valence-electron chi connectivity index (χ0n) is 11.5. The first-order valence-electron chi connectivity index (χ1n) is 6.81. The number of anilines is 1. The van der Waals surface area contributed by atoms with Crippen molar-refractivity contribution >= 4 is 5.82 Å². The minimum atomic E-state index is -0.131. The van der Waals surface area contributed by atoms with E-state index >= 15 is 0 Å². The van der Waals surface area contributed by atoms with E-state index < -0.39 is 0 Å². The van der Waals surface area contributed by atoms with Crippen molar-refractivity contribution in [3.8, 4) is 0 Å². The van der Waals surface area contributed by atoms with Crippen LogP contribution in [0.15, 0.2) is 41.5 Å². The molecule has 1 aromatic heterocycles. The van der Waals surface area contributed by atoms with Gasteiger partial charge in [0.15, 0.2) is 5.82 Å². The number of hydrogen-bond acceptors (Lipinski definition) is 4. The molecule has 2 N–H and O–H groups in total. The maximum Gasteiger partial charge on any atom is 0.290 e. The number of benzene rings is 1. The SMILES string of the molecule is CNCC1Cc2ccccc2CN1c1ncc[nH]c1=O. The van der Waals surface area contributed by atoms with Gasteiger partial charge in [-0.1, -0.05) is 24.3 Å². The van der Waals surface area contributed by atoms with Crippen molar-refractivity contribution < 1.29 is 0 Å².